The van der Waals surface area contributed by atoms with Crippen molar-refractivity contribution in [1.82, 2.24) is 54.0 Å². The van der Waals surface area contributed by atoms with Gasteiger partial charge in [0.2, 0.25) is 11.9 Å². The van der Waals surface area contributed by atoms with Gasteiger partial charge < -0.3 is 38.6 Å². The minimum Gasteiger partial charge on any atom is -0.460 e. The van der Waals surface area contributed by atoms with Gasteiger partial charge >= 0.3 is 29.1 Å². The number of esters is 1. The van der Waals surface area contributed by atoms with Gasteiger partial charge in [0.05, 0.1) is 49.9 Å². The molecule has 2 bridgehead atoms. The SMILES string of the molecule is CC(C)[C@H](CC(=O)OC(C)(C)C)C(=O)N[C@@H](C)C(=O)Cc1ccc(COC(=O)N(C)Cc2ccccc2C(=O)Nc2nc3c(ncn3[C@@H]3O[C@@H]4COP(O)(=S)O[C@H]5[C@@H](F)[C@H](n6cnc7cncnc76)O[C@@H]5CNS(=O)(=O)O[C@@H]3C4)c(=O)[nH]2)cc1. The van der Waals surface area contributed by atoms with E-state index >= 15 is 4.39 Å². The van der Waals surface area contributed by atoms with Crippen molar-refractivity contribution >= 4 is 86.8 Å². The number of halogens is 1. The zero-order valence-electron chi connectivity index (χ0n) is 46.4. The molecule has 0 radical (unpaired) electrons. The topological polar surface area (TPSA) is 351 Å². The van der Waals surface area contributed by atoms with Crippen LogP contribution in [0.25, 0.3) is 22.3 Å². The molecule has 3 aliphatic heterocycles. The van der Waals surface area contributed by atoms with E-state index < -0.39 is 120 Å². The Morgan fingerprint density at radius 1 is 0.976 bits per heavy atom. The van der Waals surface area contributed by atoms with Gasteiger partial charge in [-0.15, -0.1) is 0 Å². The van der Waals surface area contributed by atoms with Crippen molar-refractivity contribution in [3.8, 4) is 0 Å². The molecule has 10 atom stereocenters. The number of aromatic amines is 1. The first kappa shape index (κ1) is 61.5. The van der Waals surface area contributed by atoms with Crippen LogP contribution < -0.4 is 20.9 Å². The monoisotopic (exact) mass is 1220 g/mol. The summed E-state index contributed by atoms with van der Waals surface area (Å²) in [5.74, 6) is -3.13. The highest BCUT2D eigenvalue weighted by Gasteiger charge is 2.51. The van der Waals surface area contributed by atoms with Crippen LogP contribution in [0.15, 0.2) is 78.5 Å². The van der Waals surface area contributed by atoms with E-state index in [1.165, 1.54) is 46.0 Å². The molecule has 6 aromatic rings. The van der Waals surface area contributed by atoms with Gasteiger partial charge in [0, 0.05) is 38.5 Å². The Morgan fingerprint density at radius 3 is 2.43 bits per heavy atom. The third-order valence-corrected chi connectivity index (χ3v) is 16.4. The van der Waals surface area contributed by atoms with Gasteiger partial charge in [0.1, 0.15) is 42.4 Å². The van der Waals surface area contributed by atoms with Gasteiger partial charge in [0.15, 0.2) is 41.2 Å². The summed E-state index contributed by atoms with van der Waals surface area (Å²) in [6.45, 7) is 4.81. The van der Waals surface area contributed by atoms with Crippen LogP contribution in [-0.2, 0) is 88.2 Å². The molecule has 5 N–H and O–H groups in total. The lowest BCUT2D eigenvalue weighted by Crippen LogP contribution is -2.44. The van der Waals surface area contributed by atoms with Crippen molar-refractivity contribution < 1.29 is 73.9 Å². The molecule has 28 nitrogen and oxygen atoms in total. The molecular weight excluding hydrogens is 1160 g/mol. The first-order chi connectivity index (χ1) is 39.7. The fourth-order valence-corrected chi connectivity index (χ4v) is 12.0. The number of nitrogens with zero attached hydrogens (tertiary/aromatic N) is 8. The largest absolute Gasteiger partial charge is 0.460 e. The molecule has 7 heterocycles. The van der Waals surface area contributed by atoms with Crippen molar-refractivity contribution in [2.75, 3.05) is 25.5 Å². The highest BCUT2D eigenvalue weighted by Crippen LogP contribution is 2.50. The molecule has 2 aromatic carbocycles. The number of hydrogen-bond acceptors (Lipinski definition) is 21. The second-order valence-electron chi connectivity index (χ2n) is 21.6. The molecule has 3 aliphatic rings. The number of imidazole rings is 2. The highest BCUT2D eigenvalue weighted by atomic mass is 32.5. The predicted octanol–water partition coefficient (Wildman–Crippen LogP) is 3.98. The summed E-state index contributed by atoms with van der Waals surface area (Å²) < 4.78 is 88.3. The van der Waals surface area contributed by atoms with E-state index in [1.54, 1.807) is 70.2 Å². The van der Waals surface area contributed by atoms with Gasteiger partial charge in [-0.25, -0.2) is 33.3 Å². The summed E-state index contributed by atoms with van der Waals surface area (Å²) in [7, 11) is -3.26. The number of nitrogens with one attached hydrogen (secondary N) is 4. The molecular formula is C52H62FN12O16PS2. The number of anilines is 1. The number of Topliss-reactive ketones (excluding diaryl/α,β-unsaturated/α-hetero) is 1. The van der Waals surface area contributed by atoms with Crippen LogP contribution in [0.2, 0.25) is 0 Å². The standard InChI is InChI=1S/C52H62FN12O16PS2/c1-27(2)34(18-39(67)79-52(4,5)6)46(69)59-28(3)36(66)16-29-12-14-30(15-13-29)22-75-51(71)63(7)21-31-10-8-9-11-33(31)45(68)61-50-60-44-41(47(70)62-50)57-26-65(44)48-37-17-32(77-48)23-76-82(72,83)80-42-38(20-58-84(73,74)81-37)78-49(40(42)53)64-25-56-35-19-54-24-55-43(35)64/h8-15,19,24-28,32,34,37-38,40,42,48-49,58H,16-18,20-23H2,1-7H3,(H,59,69)(H,72,83)(H2,60,61,62,68,70)/t28-,32-,34-,37+,38+,40+,42+,48+,49+,82?/m0/s1. The second kappa shape index (κ2) is 25.3. The van der Waals surface area contributed by atoms with Crippen molar-refractivity contribution in [1.29, 1.82) is 0 Å². The number of hydrogen-bond donors (Lipinski definition) is 5. The lowest BCUT2D eigenvalue weighted by Gasteiger charge is -2.26. The normalized spacial score (nSPS) is 24.2. The predicted molar refractivity (Wildman–Crippen MR) is 298 cm³/mol. The number of fused-ring (bicyclic) bond motifs is 5. The van der Waals surface area contributed by atoms with Crippen LogP contribution >= 0.6 is 6.72 Å². The van der Waals surface area contributed by atoms with E-state index in [9.17, 15) is 42.1 Å². The van der Waals surface area contributed by atoms with E-state index in [-0.39, 0.29) is 72.4 Å². The summed E-state index contributed by atoms with van der Waals surface area (Å²) >= 11 is 5.29. The quantitative estimate of drug-likeness (QED) is 0.0676. The maximum atomic E-state index is 16.3. The Hall–Kier alpha value is -7.06. The summed E-state index contributed by atoms with van der Waals surface area (Å²) in [5, 5.41) is 5.31. The maximum absolute atomic E-state index is 16.3. The molecule has 450 valence electrons. The Kier molecular flexibility index (Phi) is 18.5. The molecule has 4 aromatic heterocycles. The zero-order chi connectivity index (χ0) is 60.4. The van der Waals surface area contributed by atoms with Crippen LogP contribution in [0.1, 0.15) is 93.9 Å². The lowest BCUT2D eigenvalue weighted by atomic mass is 9.91. The van der Waals surface area contributed by atoms with Gasteiger partial charge in [-0.1, -0.05) is 56.3 Å². The second-order valence-corrected chi connectivity index (χ2v) is 25.8. The number of carbonyl (C=O) groups is 5. The molecule has 84 heavy (non-hydrogen) atoms. The van der Waals surface area contributed by atoms with E-state index in [0.717, 1.165) is 6.33 Å². The molecule has 3 amide bonds. The summed E-state index contributed by atoms with van der Waals surface area (Å²) in [5.41, 5.74) is 0.385. The van der Waals surface area contributed by atoms with E-state index in [2.05, 4.69) is 45.3 Å². The number of ether oxygens (including phenoxy) is 4. The van der Waals surface area contributed by atoms with Gasteiger partial charge in [-0.2, -0.15) is 18.1 Å². The smallest absolute Gasteiger partial charge is 0.410 e. The van der Waals surface area contributed by atoms with Gasteiger partial charge in [0.25, 0.3) is 11.5 Å². The van der Waals surface area contributed by atoms with Crippen molar-refractivity contribution in [3.05, 3.63) is 106 Å². The van der Waals surface area contributed by atoms with Crippen LogP contribution in [0.3, 0.4) is 0 Å². The molecule has 1 unspecified atom stereocenters. The molecule has 0 spiro atoms. The number of H-pyrrole nitrogens is 1. The van der Waals surface area contributed by atoms with Gasteiger partial charge in [-0.3, -0.25) is 47.9 Å². The van der Waals surface area contributed by atoms with Gasteiger partial charge in [-0.05, 0) is 68.2 Å². The Morgan fingerprint density at radius 2 is 1.69 bits per heavy atom. The molecule has 0 saturated carbocycles. The number of aromatic nitrogens is 8. The minimum atomic E-state index is -4.73. The summed E-state index contributed by atoms with van der Waals surface area (Å²) in [4.78, 5) is 115. The van der Waals surface area contributed by atoms with Crippen LogP contribution in [0.5, 0.6) is 0 Å². The van der Waals surface area contributed by atoms with Crippen LogP contribution in [-0.4, -0.2) is 149 Å². The Balaban J connectivity index is 0.810. The fraction of sp³-hybridized carbons (Fsp3) is 0.481. The number of carbonyl (C=O) groups excluding carboxylic acids is 5. The lowest BCUT2D eigenvalue weighted by molar-refractivity contribution is -0.158. The molecule has 9 rings (SSSR count). The maximum Gasteiger partial charge on any atom is 0.410 e. The number of rotatable bonds is 16. The van der Waals surface area contributed by atoms with Crippen LogP contribution in [0, 0.1) is 11.8 Å². The zero-order valence-corrected chi connectivity index (χ0v) is 49.0. The number of amides is 3. The Labute approximate surface area is 485 Å². The van der Waals surface area contributed by atoms with Crippen molar-refractivity contribution in [3.63, 3.8) is 0 Å². The average molecular weight is 1230 g/mol. The average Bonchev–Trinajstić information content (AvgIpc) is 3.97. The van der Waals surface area contributed by atoms with E-state index in [0.29, 0.717) is 22.2 Å². The molecule has 0 aliphatic carbocycles. The third-order valence-electron chi connectivity index (χ3n) is 13.8. The molecule has 32 heteroatoms. The highest BCUT2D eigenvalue weighted by molar-refractivity contribution is 8.07. The minimum absolute atomic E-state index is 0.00663. The third kappa shape index (κ3) is 14.7. The van der Waals surface area contributed by atoms with E-state index in [1.807, 2.05) is 13.8 Å². The first-order valence-corrected chi connectivity index (χ1v) is 30.5. The number of alkyl halides is 1. The summed E-state index contributed by atoms with van der Waals surface area (Å²) in [6.07, 6.45) is -6.30. The first-order valence-electron chi connectivity index (χ1n) is 26.5. The fourth-order valence-electron chi connectivity index (χ4n) is 9.58. The molecule has 3 fully saturated rings. The Bertz CT molecular complexity index is 3680. The van der Waals surface area contributed by atoms with Crippen molar-refractivity contribution in [2.24, 2.45) is 11.8 Å². The molecule has 3 saturated heterocycles. The summed E-state index contributed by atoms with van der Waals surface area (Å²) in [6, 6.07) is 12.3. The van der Waals surface area contributed by atoms with Crippen LogP contribution in [0.4, 0.5) is 15.1 Å². The van der Waals surface area contributed by atoms with Crippen molar-refractivity contribution in [2.45, 2.75) is 129 Å². The van der Waals surface area contributed by atoms with E-state index in [4.69, 9.17) is 44.0 Å². The number of ketones is 1. The number of benzene rings is 2.